The molecule has 0 aliphatic rings. The van der Waals surface area contributed by atoms with Crippen LogP contribution in [-0.2, 0) is 6.42 Å². The highest BCUT2D eigenvalue weighted by Crippen LogP contribution is 2.32. The van der Waals surface area contributed by atoms with Crippen LogP contribution in [0.1, 0.15) is 20.9 Å². The van der Waals surface area contributed by atoms with E-state index in [0.29, 0.717) is 23.7 Å². The number of hydrogen-bond donors (Lipinski definition) is 2. The molecule has 5 nitrogen and oxygen atoms in total. The monoisotopic (exact) mass is 425 g/mol. The highest BCUT2D eigenvalue weighted by Gasteiger charge is 2.17. The molecule has 7 heteroatoms. The van der Waals surface area contributed by atoms with E-state index in [2.05, 4.69) is 15.3 Å². The van der Waals surface area contributed by atoms with Crippen LogP contribution in [0.5, 0.6) is 5.75 Å². The normalized spacial score (nSPS) is 11.0. The van der Waals surface area contributed by atoms with E-state index in [0.717, 1.165) is 37.7 Å². The van der Waals surface area contributed by atoms with Gasteiger partial charge in [-0.3, -0.25) is 4.79 Å². The van der Waals surface area contributed by atoms with Crippen LogP contribution in [0.4, 0.5) is 0 Å². The molecule has 1 amide bonds. The summed E-state index contributed by atoms with van der Waals surface area (Å²) in [6.07, 6.45) is 2.68. The summed E-state index contributed by atoms with van der Waals surface area (Å²) in [6.45, 7) is 2.42. The lowest BCUT2D eigenvalue weighted by atomic mass is 10.1. The van der Waals surface area contributed by atoms with Crippen LogP contribution in [0.2, 0.25) is 5.02 Å². The number of rotatable bonds is 6. The molecule has 0 spiro atoms. The van der Waals surface area contributed by atoms with Crippen molar-refractivity contribution in [1.82, 2.24) is 15.3 Å². The number of aryl methyl sites for hydroxylation is 1. The molecule has 148 valence electrons. The molecule has 2 aromatic heterocycles. The van der Waals surface area contributed by atoms with Gasteiger partial charge in [0, 0.05) is 34.1 Å². The molecule has 0 aliphatic carbocycles. The van der Waals surface area contributed by atoms with Gasteiger partial charge in [-0.2, -0.15) is 0 Å². The first-order chi connectivity index (χ1) is 14.1. The Morgan fingerprint density at radius 2 is 2.10 bits per heavy atom. The van der Waals surface area contributed by atoms with Crippen molar-refractivity contribution in [2.75, 3.05) is 13.7 Å². The van der Waals surface area contributed by atoms with Crippen molar-refractivity contribution >= 4 is 39.7 Å². The molecule has 2 aromatic carbocycles. The third-order valence-corrected chi connectivity index (χ3v) is 6.10. The third-order valence-electron chi connectivity index (χ3n) is 4.77. The molecule has 0 bridgehead atoms. The Hall–Kier alpha value is -2.83. The standard InChI is InChI=1S/C22H20ClN3O2S/c1-13-20(26-22(29-13)16-5-3-4-6-18(16)23)21(27)24-10-9-14-12-25-19-8-7-15(28-2)11-17(14)19/h3-8,11-12,25H,9-10H2,1-2H3,(H,24,27). The first-order valence-electron chi connectivity index (χ1n) is 9.21. The number of benzene rings is 2. The summed E-state index contributed by atoms with van der Waals surface area (Å²) < 4.78 is 5.31. The van der Waals surface area contributed by atoms with E-state index >= 15 is 0 Å². The van der Waals surface area contributed by atoms with E-state index in [9.17, 15) is 4.79 Å². The zero-order chi connectivity index (χ0) is 20.4. The number of aromatic amines is 1. The van der Waals surface area contributed by atoms with Crippen molar-refractivity contribution in [2.24, 2.45) is 0 Å². The minimum Gasteiger partial charge on any atom is -0.497 e. The molecule has 0 fully saturated rings. The maximum absolute atomic E-state index is 12.7. The summed E-state index contributed by atoms with van der Waals surface area (Å²) in [7, 11) is 1.65. The maximum atomic E-state index is 12.7. The van der Waals surface area contributed by atoms with Crippen LogP contribution in [0.15, 0.2) is 48.7 Å². The number of H-pyrrole nitrogens is 1. The number of carbonyl (C=O) groups excluding carboxylic acids is 1. The number of thiazole rings is 1. The Kier molecular flexibility index (Phi) is 5.56. The SMILES string of the molecule is COc1ccc2[nH]cc(CCNC(=O)c3nc(-c4ccccc4Cl)sc3C)c2c1. The summed E-state index contributed by atoms with van der Waals surface area (Å²) in [6, 6.07) is 13.4. The molecule has 4 aromatic rings. The maximum Gasteiger partial charge on any atom is 0.271 e. The second-order valence-corrected chi connectivity index (χ2v) is 8.25. The Balaban J connectivity index is 1.45. The number of nitrogens with one attached hydrogen (secondary N) is 2. The Morgan fingerprint density at radius 3 is 2.90 bits per heavy atom. The van der Waals surface area contributed by atoms with Gasteiger partial charge < -0.3 is 15.0 Å². The number of halogens is 1. The molecule has 0 saturated heterocycles. The lowest BCUT2D eigenvalue weighted by molar-refractivity contribution is 0.0949. The number of ether oxygens (including phenoxy) is 1. The summed E-state index contributed by atoms with van der Waals surface area (Å²) in [4.78, 5) is 21.3. The van der Waals surface area contributed by atoms with Gasteiger partial charge in [0.2, 0.25) is 0 Å². The lowest BCUT2D eigenvalue weighted by Crippen LogP contribution is -2.26. The van der Waals surface area contributed by atoms with Gasteiger partial charge in [0.15, 0.2) is 0 Å². The number of hydrogen-bond acceptors (Lipinski definition) is 4. The Labute approximate surface area is 177 Å². The molecule has 0 unspecified atom stereocenters. The van der Waals surface area contributed by atoms with E-state index in [1.54, 1.807) is 7.11 Å². The van der Waals surface area contributed by atoms with Gasteiger partial charge >= 0.3 is 0 Å². The topological polar surface area (TPSA) is 67.0 Å². The smallest absolute Gasteiger partial charge is 0.271 e. The average Bonchev–Trinajstić information content (AvgIpc) is 3.31. The van der Waals surface area contributed by atoms with Gasteiger partial charge in [-0.05, 0) is 43.2 Å². The molecular formula is C22H20ClN3O2S. The van der Waals surface area contributed by atoms with Crippen molar-refractivity contribution in [3.05, 3.63) is 69.8 Å². The molecule has 0 aliphatic heterocycles. The van der Waals surface area contributed by atoms with Crippen molar-refractivity contribution < 1.29 is 9.53 Å². The largest absolute Gasteiger partial charge is 0.497 e. The van der Waals surface area contributed by atoms with E-state index in [1.807, 2.05) is 55.6 Å². The molecule has 0 radical (unpaired) electrons. The molecule has 0 atom stereocenters. The fraction of sp³-hybridized carbons (Fsp3) is 0.182. The molecule has 2 heterocycles. The highest BCUT2D eigenvalue weighted by molar-refractivity contribution is 7.15. The van der Waals surface area contributed by atoms with Gasteiger partial charge in [0.05, 0.1) is 12.1 Å². The van der Waals surface area contributed by atoms with E-state index < -0.39 is 0 Å². The predicted molar refractivity (Wildman–Crippen MR) is 118 cm³/mol. The first kappa shape index (κ1) is 19.5. The highest BCUT2D eigenvalue weighted by atomic mass is 35.5. The molecular weight excluding hydrogens is 406 g/mol. The quantitative estimate of drug-likeness (QED) is 0.444. The molecule has 4 rings (SSSR count). The summed E-state index contributed by atoms with van der Waals surface area (Å²) in [5.41, 5.74) is 3.47. The Bertz CT molecular complexity index is 1180. The first-order valence-corrected chi connectivity index (χ1v) is 10.4. The van der Waals surface area contributed by atoms with Gasteiger partial charge in [-0.15, -0.1) is 11.3 Å². The van der Waals surface area contributed by atoms with Crippen LogP contribution >= 0.6 is 22.9 Å². The minimum atomic E-state index is -0.172. The van der Waals surface area contributed by atoms with Crippen LogP contribution in [0, 0.1) is 6.92 Å². The molecule has 29 heavy (non-hydrogen) atoms. The van der Waals surface area contributed by atoms with E-state index in [1.165, 1.54) is 11.3 Å². The summed E-state index contributed by atoms with van der Waals surface area (Å²) >= 11 is 7.74. The number of carbonyl (C=O) groups is 1. The van der Waals surface area contributed by atoms with Crippen molar-refractivity contribution in [3.8, 4) is 16.3 Å². The second kappa shape index (κ2) is 8.27. The predicted octanol–water partition coefficient (Wildman–Crippen LogP) is 5.23. The summed E-state index contributed by atoms with van der Waals surface area (Å²) in [5, 5.41) is 5.46. The van der Waals surface area contributed by atoms with Crippen LogP contribution < -0.4 is 10.1 Å². The van der Waals surface area contributed by atoms with E-state index in [-0.39, 0.29) is 5.91 Å². The fourth-order valence-corrected chi connectivity index (χ4v) is 4.47. The number of amides is 1. The summed E-state index contributed by atoms with van der Waals surface area (Å²) in [5.74, 6) is 0.641. The average molecular weight is 426 g/mol. The van der Waals surface area contributed by atoms with Crippen molar-refractivity contribution in [2.45, 2.75) is 13.3 Å². The number of fused-ring (bicyclic) bond motifs is 1. The number of nitrogens with zero attached hydrogens (tertiary/aromatic N) is 1. The van der Waals surface area contributed by atoms with Crippen LogP contribution in [0.25, 0.3) is 21.5 Å². The third kappa shape index (κ3) is 3.99. The lowest BCUT2D eigenvalue weighted by Gasteiger charge is -2.05. The van der Waals surface area contributed by atoms with E-state index in [4.69, 9.17) is 16.3 Å². The molecule has 0 saturated carbocycles. The molecule has 2 N–H and O–H groups in total. The van der Waals surface area contributed by atoms with Crippen LogP contribution in [0.3, 0.4) is 0 Å². The second-order valence-electron chi connectivity index (χ2n) is 6.63. The van der Waals surface area contributed by atoms with Gasteiger partial charge in [0.25, 0.3) is 5.91 Å². The zero-order valence-electron chi connectivity index (χ0n) is 16.1. The van der Waals surface area contributed by atoms with Crippen molar-refractivity contribution in [3.63, 3.8) is 0 Å². The number of aromatic nitrogens is 2. The minimum absolute atomic E-state index is 0.172. The van der Waals surface area contributed by atoms with Crippen LogP contribution in [-0.4, -0.2) is 29.5 Å². The van der Waals surface area contributed by atoms with Gasteiger partial charge in [-0.1, -0.05) is 29.8 Å². The fourth-order valence-electron chi connectivity index (χ4n) is 3.24. The Morgan fingerprint density at radius 1 is 1.28 bits per heavy atom. The van der Waals surface area contributed by atoms with Gasteiger partial charge in [-0.25, -0.2) is 4.98 Å². The zero-order valence-corrected chi connectivity index (χ0v) is 17.7. The van der Waals surface area contributed by atoms with Crippen molar-refractivity contribution in [1.29, 1.82) is 0 Å². The number of methoxy groups -OCH3 is 1. The van der Waals surface area contributed by atoms with Gasteiger partial charge in [0.1, 0.15) is 16.5 Å².